The van der Waals surface area contributed by atoms with Gasteiger partial charge in [-0.05, 0) is 36.6 Å². The average Bonchev–Trinajstić information content (AvgIpc) is 3.21. The lowest BCUT2D eigenvalue weighted by molar-refractivity contribution is -0.124. The molecule has 138 valence electrons. The number of hydrogen-bond acceptors (Lipinski definition) is 4. The van der Waals surface area contributed by atoms with E-state index in [2.05, 4.69) is 20.8 Å². The lowest BCUT2D eigenvalue weighted by Crippen LogP contribution is -2.49. The van der Waals surface area contributed by atoms with Gasteiger partial charge in [0.2, 0.25) is 5.91 Å². The van der Waals surface area contributed by atoms with Gasteiger partial charge in [0.05, 0.1) is 6.54 Å². The van der Waals surface area contributed by atoms with Crippen LogP contribution in [0.2, 0.25) is 5.02 Å². The number of carbonyl (C=O) groups excluding carboxylic acids is 2. The standard InChI is InChI=1S/C18H22ClN5O2/c1-11(2)16(21-17(25)12-5-7-13(19)8-6-12)18(26)20-10-15-23-22-14-4-3-9-24(14)15/h5-8,11,16H,3-4,9-10H2,1-2H3,(H,20,26)(H,21,25)/t16-/m0/s1. The fourth-order valence-corrected chi connectivity index (χ4v) is 3.10. The van der Waals surface area contributed by atoms with E-state index in [1.165, 1.54) is 0 Å². The molecule has 0 saturated heterocycles. The maximum Gasteiger partial charge on any atom is 0.251 e. The summed E-state index contributed by atoms with van der Waals surface area (Å²) in [6, 6.07) is 5.91. The molecule has 1 aromatic heterocycles. The van der Waals surface area contributed by atoms with E-state index in [4.69, 9.17) is 11.6 Å². The van der Waals surface area contributed by atoms with E-state index < -0.39 is 6.04 Å². The highest BCUT2D eigenvalue weighted by molar-refractivity contribution is 6.30. The van der Waals surface area contributed by atoms with Crippen molar-refractivity contribution in [2.45, 2.75) is 45.8 Å². The zero-order valence-corrected chi connectivity index (χ0v) is 15.6. The van der Waals surface area contributed by atoms with Crippen LogP contribution in [0.15, 0.2) is 24.3 Å². The second-order valence-electron chi connectivity index (χ2n) is 6.71. The first-order valence-corrected chi connectivity index (χ1v) is 9.08. The number of amides is 2. The van der Waals surface area contributed by atoms with Crippen LogP contribution in [0.25, 0.3) is 0 Å². The summed E-state index contributed by atoms with van der Waals surface area (Å²) in [7, 11) is 0. The van der Waals surface area contributed by atoms with Crippen molar-refractivity contribution < 1.29 is 9.59 Å². The molecule has 2 amide bonds. The van der Waals surface area contributed by atoms with E-state index >= 15 is 0 Å². The molecular weight excluding hydrogens is 354 g/mol. The van der Waals surface area contributed by atoms with Gasteiger partial charge in [-0.1, -0.05) is 25.4 Å². The van der Waals surface area contributed by atoms with Crippen molar-refractivity contribution in [2.24, 2.45) is 5.92 Å². The predicted octanol–water partition coefficient (Wildman–Crippen LogP) is 1.95. The lowest BCUT2D eigenvalue weighted by Gasteiger charge is -2.21. The molecule has 7 nitrogen and oxygen atoms in total. The van der Waals surface area contributed by atoms with Crippen molar-refractivity contribution >= 4 is 23.4 Å². The molecule has 0 fully saturated rings. The minimum atomic E-state index is -0.640. The second-order valence-corrected chi connectivity index (χ2v) is 7.14. The Morgan fingerprint density at radius 1 is 1.23 bits per heavy atom. The molecular formula is C18H22ClN5O2. The van der Waals surface area contributed by atoms with Gasteiger partial charge in [0, 0.05) is 23.6 Å². The van der Waals surface area contributed by atoms with Crippen LogP contribution in [-0.2, 0) is 24.3 Å². The number of hydrogen-bond donors (Lipinski definition) is 2. The molecule has 1 aliphatic heterocycles. The number of nitrogens with zero attached hydrogens (tertiary/aromatic N) is 3. The summed E-state index contributed by atoms with van der Waals surface area (Å²) in [5, 5.41) is 14.5. The highest BCUT2D eigenvalue weighted by Gasteiger charge is 2.25. The summed E-state index contributed by atoms with van der Waals surface area (Å²) in [6.45, 7) is 4.96. The van der Waals surface area contributed by atoms with E-state index in [1.807, 2.05) is 18.4 Å². The smallest absolute Gasteiger partial charge is 0.251 e. The van der Waals surface area contributed by atoms with Gasteiger partial charge in [-0.25, -0.2) is 0 Å². The Hall–Kier alpha value is -2.41. The van der Waals surface area contributed by atoms with Crippen molar-refractivity contribution in [3.05, 3.63) is 46.5 Å². The average molecular weight is 376 g/mol. The molecule has 0 spiro atoms. The van der Waals surface area contributed by atoms with E-state index in [0.717, 1.165) is 31.0 Å². The molecule has 3 rings (SSSR count). The van der Waals surface area contributed by atoms with E-state index in [9.17, 15) is 9.59 Å². The second kappa shape index (κ2) is 7.86. The molecule has 0 bridgehead atoms. The SMILES string of the molecule is CC(C)[C@H](NC(=O)c1ccc(Cl)cc1)C(=O)NCc1nnc2n1CCC2. The molecule has 2 heterocycles. The van der Waals surface area contributed by atoms with E-state index in [-0.39, 0.29) is 17.7 Å². The maximum absolute atomic E-state index is 12.6. The van der Waals surface area contributed by atoms with Gasteiger partial charge in [-0.15, -0.1) is 10.2 Å². The van der Waals surface area contributed by atoms with Gasteiger partial charge < -0.3 is 15.2 Å². The summed E-state index contributed by atoms with van der Waals surface area (Å²) in [6.07, 6.45) is 1.98. The number of aromatic nitrogens is 3. The first-order valence-electron chi connectivity index (χ1n) is 8.71. The van der Waals surface area contributed by atoms with Gasteiger partial charge in [-0.2, -0.15) is 0 Å². The molecule has 8 heteroatoms. The normalized spacial score (nSPS) is 14.2. The van der Waals surface area contributed by atoms with Crippen molar-refractivity contribution in [1.29, 1.82) is 0 Å². The third-order valence-electron chi connectivity index (χ3n) is 4.45. The Morgan fingerprint density at radius 3 is 2.65 bits per heavy atom. The van der Waals surface area contributed by atoms with Crippen LogP contribution in [0.5, 0.6) is 0 Å². The Labute approximate surface area is 157 Å². The Balaban J connectivity index is 1.62. The molecule has 2 aromatic rings. The Bertz CT molecular complexity index is 800. The first kappa shape index (κ1) is 18.4. The fraction of sp³-hybridized carbons (Fsp3) is 0.444. The van der Waals surface area contributed by atoms with Crippen molar-refractivity contribution in [2.75, 3.05) is 0 Å². The zero-order valence-electron chi connectivity index (χ0n) is 14.8. The summed E-state index contributed by atoms with van der Waals surface area (Å²) >= 11 is 5.84. The number of nitrogens with one attached hydrogen (secondary N) is 2. The van der Waals surface area contributed by atoms with Crippen LogP contribution >= 0.6 is 11.6 Å². The molecule has 26 heavy (non-hydrogen) atoms. The quantitative estimate of drug-likeness (QED) is 0.807. The highest BCUT2D eigenvalue weighted by atomic mass is 35.5. The summed E-state index contributed by atoms with van der Waals surface area (Å²) in [5.41, 5.74) is 0.461. The third kappa shape index (κ3) is 4.04. The molecule has 1 atom stereocenters. The van der Waals surface area contributed by atoms with Crippen LogP contribution in [-0.4, -0.2) is 32.6 Å². The van der Waals surface area contributed by atoms with Crippen LogP contribution in [0.1, 0.15) is 42.3 Å². The van der Waals surface area contributed by atoms with Gasteiger partial charge in [-0.3, -0.25) is 9.59 Å². The number of halogens is 1. The van der Waals surface area contributed by atoms with Gasteiger partial charge in [0.1, 0.15) is 11.9 Å². The molecule has 2 N–H and O–H groups in total. The van der Waals surface area contributed by atoms with Crippen LogP contribution < -0.4 is 10.6 Å². The number of carbonyl (C=O) groups is 2. The van der Waals surface area contributed by atoms with Crippen molar-refractivity contribution in [1.82, 2.24) is 25.4 Å². The molecule has 0 unspecified atom stereocenters. The number of rotatable bonds is 6. The largest absolute Gasteiger partial charge is 0.347 e. The number of aryl methyl sites for hydroxylation is 1. The fourth-order valence-electron chi connectivity index (χ4n) is 2.98. The summed E-state index contributed by atoms with van der Waals surface area (Å²) in [4.78, 5) is 25.0. The first-order chi connectivity index (χ1) is 12.5. The van der Waals surface area contributed by atoms with E-state index in [1.54, 1.807) is 24.3 Å². The number of fused-ring (bicyclic) bond motifs is 1. The van der Waals surface area contributed by atoms with Crippen LogP contribution in [0.4, 0.5) is 0 Å². The lowest BCUT2D eigenvalue weighted by atomic mass is 10.0. The molecule has 0 radical (unpaired) electrons. The Kier molecular flexibility index (Phi) is 5.56. The Morgan fingerprint density at radius 2 is 1.96 bits per heavy atom. The molecule has 0 saturated carbocycles. The minimum absolute atomic E-state index is 0.0598. The van der Waals surface area contributed by atoms with Gasteiger partial charge in [0.15, 0.2) is 5.82 Å². The monoisotopic (exact) mass is 375 g/mol. The topological polar surface area (TPSA) is 88.9 Å². The van der Waals surface area contributed by atoms with Crippen LogP contribution in [0.3, 0.4) is 0 Å². The highest BCUT2D eigenvalue weighted by Crippen LogP contribution is 2.14. The predicted molar refractivity (Wildman–Crippen MR) is 97.7 cm³/mol. The van der Waals surface area contributed by atoms with Gasteiger partial charge in [0.25, 0.3) is 5.91 Å². The van der Waals surface area contributed by atoms with E-state index in [0.29, 0.717) is 17.1 Å². The van der Waals surface area contributed by atoms with Crippen molar-refractivity contribution in [3.8, 4) is 0 Å². The third-order valence-corrected chi connectivity index (χ3v) is 4.70. The molecule has 1 aliphatic rings. The zero-order chi connectivity index (χ0) is 18.7. The van der Waals surface area contributed by atoms with Gasteiger partial charge >= 0.3 is 0 Å². The molecule has 0 aliphatic carbocycles. The van der Waals surface area contributed by atoms with Crippen LogP contribution in [0, 0.1) is 5.92 Å². The van der Waals surface area contributed by atoms with Crippen molar-refractivity contribution in [3.63, 3.8) is 0 Å². The molecule has 1 aromatic carbocycles. The number of benzene rings is 1. The summed E-state index contributed by atoms with van der Waals surface area (Å²) < 4.78 is 2.04. The maximum atomic E-state index is 12.6. The minimum Gasteiger partial charge on any atom is -0.347 e. The summed E-state index contributed by atoms with van der Waals surface area (Å²) in [5.74, 6) is 1.11.